The van der Waals surface area contributed by atoms with Crippen molar-refractivity contribution >= 4 is 11.8 Å². The van der Waals surface area contributed by atoms with E-state index in [4.69, 9.17) is 0 Å². The molecule has 0 aliphatic carbocycles. The van der Waals surface area contributed by atoms with Crippen LogP contribution in [0.3, 0.4) is 0 Å². The van der Waals surface area contributed by atoms with Crippen molar-refractivity contribution in [2.45, 2.75) is 58.4 Å². The minimum absolute atomic E-state index is 0.0296. The third-order valence-corrected chi connectivity index (χ3v) is 5.48. The number of piperidine rings is 1. The zero-order chi connectivity index (χ0) is 17.5. The van der Waals surface area contributed by atoms with Crippen molar-refractivity contribution in [3.63, 3.8) is 0 Å². The van der Waals surface area contributed by atoms with Crippen LogP contribution < -0.4 is 5.32 Å². The number of amides is 1. The van der Waals surface area contributed by atoms with E-state index in [2.05, 4.69) is 26.1 Å². The number of hydrogen-bond acceptors (Lipinski definition) is 2. The lowest BCUT2D eigenvalue weighted by Crippen LogP contribution is -2.51. The normalized spacial score (nSPS) is 24.2. The highest BCUT2D eigenvalue weighted by molar-refractivity contribution is 5.66. The molecular formula is C19H27FN2O2. The van der Waals surface area contributed by atoms with E-state index in [1.807, 2.05) is 6.07 Å². The van der Waals surface area contributed by atoms with Crippen LogP contribution in [0.1, 0.15) is 57.1 Å². The van der Waals surface area contributed by atoms with E-state index < -0.39 is 6.09 Å². The van der Waals surface area contributed by atoms with Gasteiger partial charge in [0, 0.05) is 30.4 Å². The summed E-state index contributed by atoms with van der Waals surface area (Å²) in [5, 5.41) is 12.9. The predicted octanol–water partition coefficient (Wildman–Crippen LogP) is 4.46. The highest BCUT2D eigenvalue weighted by Crippen LogP contribution is 2.43. The maximum atomic E-state index is 14.1. The van der Waals surface area contributed by atoms with Gasteiger partial charge in [-0.2, -0.15) is 0 Å². The summed E-state index contributed by atoms with van der Waals surface area (Å²) in [7, 11) is 0. The van der Waals surface area contributed by atoms with Gasteiger partial charge in [0.15, 0.2) is 0 Å². The van der Waals surface area contributed by atoms with E-state index in [9.17, 15) is 14.3 Å². The van der Waals surface area contributed by atoms with E-state index >= 15 is 0 Å². The largest absolute Gasteiger partial charge is 0.465 e. The minimum Gasteiger partial charge on any atom is -0.465 e. The first kappa shape index (κ1) is 17.1. The molecular weight excluding hydrogens is 307 g/mol. The SMILES string of the molecule is CC(C)(C)C1CC(c2ccc(F)c3c2NCCC3)CCN1C(=O)O. The smallest absolute Gasteiger partial charge is 0.407 e. The highest BCUT2D eigenvalue weighted by atomic mass is 19.1. The number of rotatable bonds is 1. The van der Waals surface area contributed by atoms with Gasteiger partial charge in [0.2, 0.25) is 0 Å². The lowest BCUT2D eigenvalue weighted by atomic mass is 9.74. The number of carbonyl (C=O) groups is 1. The summed E-state index contributed by atoms with van der Waals surface area (Å²) in [4.78, 5) is 13.2. The van der Waals surface area contributed by atoms with Crippen molar-refractivity contribution in [2.24, 2.45) is 5.41 Å². The van der Waals surface area contributed by atoms with E-state index in [0.29, 0.717) is 6.54 Å². The molecule has 5 heteroatoms. The number of nitrogens with one attached hydrogen (secondary N) is 1. The minimum atomic E-state index is -0.840. The lowest BCUT2D eigenvalue weighted by Gasteiger charge is -2.45. The molecule has 1 aromatic carbocycles. The monoisotopic (exact) mass is 334 g/mol. The summed E-state index contributed by atoms with van der Waals surface area (Å²) in [6.45, 7) is 7.69. The number of anilines is 1. The zero-order valence-corrected chi connectivity index (χ0v) is 14.7. The standard InChI is InChI=1S/C19H27FN2O2/c1-19(2,3)16-11-12(8-10-22(16)18(23)24)13-6-7-15(20)14-5-4-9-21-17(13)14/h6-7,12,16,21H,4-5,8-11H2,1-3H3,(H,23,24). The summed E-state index contributed by atoms with van der Waals surface area (Å²) in [5.74, 6) is 0.140. The van der Waals surface area contributed by atoms with Crippen molar-refractivity contribution in [3.05, 3.63) is 29.1 Å². The number of benzene rings is 1. The summed E-state index contributed by atoms with van der Waals surface area (Å²) in [5.41, 5.74) is 2.80. The highest BCUT2D eigenvalue weighted by Gasteiger charge is 2.39. The lowest BCUT2D eigenvalue weighted by molar-refractivity contribution is 0.0526. The average molecular weight is 334 g/mol. The van der Waals surface area contributed by atoms with E-state index in [1.54, 1.807) is 11.0 Å². The molecule has 3 rings (SSSR count). The van der Waals surface area contributed by atoms with Crippen LogP contribution in [-0.4, -0.2) is 35.2 Å². The third-order valence-electron chi connectivity index (χ3n) is 5.48. The summed E-state index contributed by atoms with van der Waals surface area (Å²) in [6, 6.07) is 3.45. The van der Waals surface area contributed by atoms with Crippen LogP contribution in [0.25, 0.3) is 0 Å². The van der Waals surface area contributed by atoms with Gasteiger partial charge in [-0.3, -0.25) is 0 Å². The Morgan fingerprint density at radius 2 is 2.12 bits per heavy atom. The van der Waals surface area contributed by atoms with Crippen LogP contribution in [-0.2, 0) is 6.42 Å². The van der Waals surface area contributed by atoms with Crippen LogP contribution in [0.4, 0.5) is 14.9 Å². The Hall–Kier alpha value is -1.78. The molecule has 24 heavy (non-hydrogen) atoms. The molecule has 2 atom stereocenters. The van der Waals surface area contributed by atoms with Crippen LogP contribution in [0.5, 0.6) is 0 Å². The number of hydrogen-bond donors (Lipinski definition) is 2. The number of nitrogens with zero attached hydrogens (tertiary/aromatic N) is 1. The first-order valence-electron chi connectivity index (χ1n) is 8.83. The van der Waals surface area contributed by atoms with Crippen LogP contribution in [0.2, 0.25) is 0 Å². The molecule has 2 aliphatic rings. The molecule has 1 saturated heterocycles. The topological polar surface area (TPSA) is 52.6 Å². The Labute approximate surface area is 143 Å². The van der Waals surface area contributed by atoms with Crippen molar-refractivity contribution in [1.29, 1.82) is 0 Å². The van der Waals surface area contributed by atoms with Crippen LogP contribution in [0, 0.1) is 11.2 Å². The first-order chi connectivity index (χ1) is 11.3. The first-order valence-corrected chi connectivity index (χ1v) is 8.83. The second kappa shape index (κ2) is 6.26. The third kappa shape index (κ3) is 3.08. The Bertz CT molecular complexity index is 639. The van der Waals surface area contributed by atoms with Crippen LogP contribution >= 0.6 is 0 Å². The quantitative estimate of drug-likeness (QED) is 0.797. The van der Waals surface area contributed by atoms with Crippen molar-refractivity contribution < 1.29 is 14.3 Å². The summed E-state index contributed by atoms with van der Waals surface area (Å²) >= 11 is 0. The number of fused-ring (bicyclic) bond motifs is 1. The molecule has 1 amide bonds. The molecule has 132 valence electrons. The number of carboxylic acid groups (broad SMARTS) is 1. The fourth-order valence-electron chi connectivity index (χ4n) is 4.21. The van der Waals surface area contributed by atoms with Gasteiger partial charge in [-0.15, -0.1) is 0 Å². The molecule has 2 heterocycles. The maximum Gasteiger partial charge on any atom is 0.407 e. The van der Waals surface area contributed by atoms with Gasteiger partial charge in [0.1, 0.15) is 5.82 Å². The molecule has 4 nitrogen and oxygen atoms in total. The molecule has 0 saturated carbocycles. The fraction of sp³-hybridized carbons (Fsp3) is 0.632. The van der Waals surface area contributed by atoms with Crippen molar-refractivity contribution in [2.75, 3.05) is 18.4 Å². The maximum absolute atomic E-state index is 14.1. The molecule has 0 radical (unpaired) electrons. The van der Waals surface area contributed by atoms with E-state index in [-0.39, 0.29) is 23.2 Å². The summed E-state index contributed by atoms with van der Waals surface area (Å²) < 4.78 is 14.1. The van der Waals surface area contributed by atoms with Crippen molar-refractivity contribution in [3.8, 4) is 0 Å². The fourth-order valence-corrected chi connectivity index (χ4v) is 4.21. The average Bonchev–Trinajstić information content (AvgIpc) is 2.54. The van der Waals surface area contributed by atoms with Gasteiger partial charge < -0.3 is 15.3 Å². The molecule has 2 aliphatic heterocycles. The number of halogens is 1. The molecule has 0 bridgehead atoms. The molecule has 0 spiro atoms. The Kier molecular flexibility index (Phi) is 4.45. The van der Waals surface area contributed by atoms with Gasteiger partial charge in [-0.25, -0.2) is 9.18 Å². The Balaban J connectivity index is 1.93. The van der Waals surface area contributed by atoms with E-state index in [0.717, 1.165) is 49.0 Å². The molecule has 1 aromatic rings. The second-order valence-corrected chi connectivity index (χ2v) is 8.10. The van der Waals surface area contributed by atoms with Gasteiger partial charge in [-0.1, -0.05) is 26.8 Å². The molecule has 0 aromatic heterocycles. The van der Waals surface area contributed by atoms with Gasteiger partial charge in [0.05, 0.1) is 0 Å². The van der Waals surface area contributed by atoms with Gasteiger partial charge in [-0.05, 0) is 48.6 Å². The number of likely N-dealkylation sites (tertiary alicyclic amines) is 1. The van der Waals surface area contributed by atoms with Gasteiger partial charge >= 0.3 is 6.09 Å². The zero-order valence-electron chi connectivity index (χ0n) is 14.7. The Morgan fingerprint density at radius 1 is 1.38 bits per heavy atom. The van der Waals surface area contributed by atoms with Gasteiger partial charge in [0.25, 0.3) is 0 Å². The van der Waals surface area contributed by atoms with Crippen molar-refractivity contribution in [1.82, 2.24) is 4.90 Å². The second-order valence-electron chi connectivity index (χ2n) is 8.10. The molecule has 1 fully saturated rings. The summed E-state index contributed by atoms with van der Waals surface area (Å²) in [6.07, 6.45) is 2.47. The van der Waals surface area contributed by atoms with E-state index in [1.165, 1.54) is 0 Å². The molecule has 2 N–H and O–H groups in total. The predicted molar refractivity (Wildman–Crippen MR) is 93.2 cm³/mol. The molecule has 2 unspecified atom stereocenters. The Morgan fingerprint density at radius 3 is 2.79 bits per heavy atom. The van der Waals surface area contributed by atoms with Crippen LogP contribution in [0.15, 0.2) is 12.1 Å².